The molecule has 0 unspecified atom stereocenters. The van der Waals surface area contributed by atoms with Gasteiger partial charge in [-0.2, -0.15) is 0 Å². The number of para-hydroxylation sites is 2. The first kappa shape index (κ1) is 54.5. The van der Waals surface area contributed by atoms with Crippen molar-refractivity contribution in [3.05, 3.63) is 304 Å². The van der Waals surface area contributed by atoms with Crippen LogP contribution in [0.15, 0.2) is 304 Å². The molecule has 444 valence electrons. The van der Waals surface area contributed by atoms with Gasteiger partial charge in [0.25, 0.3) is 0 Å². The Balaban J connectivity index is 0.000000135. The summed E-state index contributed by atoms with van der Waals surface area (Å²) in [6.07, 6.45) is 9.16. The molecular formula is C86H50N10. The van der Waals surface area contributed by atoms with Gasteiger partial charge in [-0.15, -0.1) is 0 Å². The highest BCUT2D eigenvalue weighted by Gasteiger charge is 2.21. The highest BCUT2D eigenvalue weighted by molar-refractivity contribution is 6.19. The van der Waals surface area contributed by atoms with E-state index in [1.54, 1.807) is 0 Å². The van der Waals surface area contributed by atoms with Gasteiger partial charge in [-0.3, -0.25) is 24.9 Å². The monoisotopic (exact) mass is 1220 g/mol. The third-order valence-corrected chi connectivity index (χ3v) is 18.7. The van der Waals surface area contributed by atoms with E-state index in [4.69, 9.17) is 39.9 Å². The van der Waals surface area contributed by atoms with E-state index >= 15 is 0 Å². The fraction of sp³-hybridized carbons (Fsp3) is 0. The molecule has 0 saturated heterocycles. The molecule has 10 aromatic carbocycles. The van der Waals surface area contributed by atoms with Crippen molar-refractivity contribution in [3.63, 3.8) is 0 Å². The Morgan fingerprint density at radius 2 is 0.615 bits per heavy atom. The lowest BCUT2D eigenvalue weighted by Crippen LogP contribution is -1.95. The number of pyridine rings is 10. The zero-order valence-corrected chi connectivity index (χ0v) is 51.3. The zero-order valence-electron chi connectivity index (χ0n) is 51.3. The van der Waals surface area contributed by atoms with Gasteiger partial charge in [0.15, 0.2) is 0 Å². The lowest BCUT2D eigenvalue weighted by Gasteiger charge is -2.15. The van der Waals surface area contributed by atoms with Crippen LogP contribution in [0, 0.1) is 0 Å². The predicted molar refractivity (Wildman–Crippen MR) is 394 cm³/mol. The number of hydrogen-bond donors (Lipinski definition) is 0. The minimum atomic E-state index is 0.816. The molecule has 0 saturated carbocycles. The van der Waals surface area contributed by atoms with Crippen molar-refractivity contribution in [1.82, 2.24) is 49.8 Å². The van der Waals surface area contributed by atoms with Crippen molar-refractivity contribution < 1.29 is 0 Å². The van der Waals surface area contributed by atoms with Crippen LogP contribution in [0.1, 0.15) is 0 Å². The summed E-state index contributed by atoms with van der Waals surface area (Å²) in [4.78, 5) is 49.7. The summed E-state index contributed by atoms with van der Waals surface area (Å²) < 4.78 is 0. The van der Waals surface area contributed by atoms with Crippen LogP contribution >= 0.6 is 0 Å². The van der Waals surface area contributed by atoms with Gasteiger partial charge in [-0.25, -0.2) is 24.9 Å². The lowest BCUT2D eigenvalue weighted by molar-refractivity contribution is 1.32. The Kier molecular flexibility index (Phi) is 12.7. The fourth-order valence-electron chi connectivity index (χ4n) is 14.3. The summed E-state index contributed by atoms with van der Waals surface area (Å²) >= 11 is 0. The quantitative estimate of drug-likeness (QED) is 0.117. The summed E-state index contributed by atoms with van der Waals surface area (Å²) in [5, 5.41) is 12.9. The Morgan fingerprint density at radius 1 is 0.177 bits per heavy atom. The normalized spacial score (nSPS) is 11.8. The summed E-state index contributed by atoms with van der Waals surface area (Å²) in [6, 6.07) is 94.8. The van der Waals surface area contributed by atoms with E-state index in [9.17, 15) is 0 Å². The van der Waals surface area contributed by atoms with E-state index in [0.717, 1.165) is 187 Å². The summed E-state index contributed by atoms with van der Waals surface area (Å²) in [5.41, 5.74) is 23.5. The Bertz CT molecular complexity index is 6600. The number of aromatic nitrogens is 10. The van der Waals surface area contributed by atoms with Gasteiger partial charge < -0.3 is 0 Å². The van der Waals surface area contributed by atoms with E-state index in [0.29, 0.717) is 0 Å². The summed E-state index contributed by atoms with van der Waals surface area (Å²) in [6.45, 7) is 0. The van der Waals surface area contributed by atoms with E-state index < -0.39 is 0 Å². The molecule has 10 nitrogen and oxygen atoms in total. The minimum Gasteiger partial charge on any atom is -0.256 e. The van der Waals surface area contributed by atoms with E-state index in [1.807, 2.05) is 73.4 Å². The third-order valence-electron chi connectivity index (χ3n) is 18.7. The topological polar surface area (TPSA) is 129 Å². The highest BCUT2D eigenvalue weighted by Crippen LogP contribution is 2.43. The van der Waals surface area contributed by atoms with Crippen molar-refractivity contribution in [2.45, 2.75) is 0 Å². The molecule has 0 fully saturated rings. The van der Waals surface area contributed by atoms with Gasteiger partial charge in [0.2, 0.25) is 0 Å². The number of nitrogens with zero attached hydrogens (tertiary/aromatic N) is 10. The molecule has 0 radical (unpaired) electrons. The number of benzene rings is 10. The molecule has 0 bridgehead atoms. The van der Waals surface area contributed by atoms with Gasteiger partial charge in [-0.05, 0) is 124 Å². The third kappa shape index (κ3) is 9.03. The first-order chi connectivity index (χ1) is 47.6. The van der Waals surface area contributed by atoms with Crippen LogP contribution in [0.3, 0.4) is 0 Å². The average molecular weight is 1220 g/mol. The first-order valence-electron chi connectivity index (χ1n) is 32.0. The molecule has 0 amide bonds. The average Bonchev–Trinajstić information content (AvgIpc) is 0.759. The van der Waals surface area contributed by atoms with Crippen LogP contribution in [0.5, 0.6) is 0 Å². The molecule has 20 rings (SSSR count). The molecule has 0 atom stereocenters. The standard InChI is InChI=1S/2C43H25N5/c1-2-9-26(10-3-1)38-32-12-4-5-15-36(32)48-43-34(38)18-16-27-17-21-37(47-40(27)43)33-20-19-29(30-13-7-23-45-41(30)33)35-25-28-11-6-22-44-39(28)42-31(35)14-8-24-46-42;1-2-8-26(9-3-1)39-32-11-4-5-13-36(32)47-43-33(39)18-14-27-15-20-38(48-41(27)43)37-21-17-29-24-28(16-19-35(29)46-37)34-25-30-10-6-22-44-40(30)42-31(34)12-7-23-45-42/h2*1-25H. The molecule has 10 aromatic heterocycles. The van der Waals surface area contributed by atoms with Gasteiger partial charge in [0.1, 0.15) is 0 Å². The van der Waals surface area contributed by atoms with Crippen molar-refractivity contribution in [1.29, 1.82) is 0 Å². The van der Waals surface area contributed by atoms with Crippen molar-refractivity contribution in [3.8, 4) is 67.2 Å². The van der Waals surface area contributed by atoms with Crippen LogP contribution in [0.25, 0.3) is 198 Å². The molecule has 0 N–H and O–H groups in total. The second kappa shape index (κ2) is 22.3. The van der Waals surface area contributed by atoms with E-state index in [1.165, 1.54) is 11.1 Å². The maximum atomic E-state index is 5.34. The molecule has 0 aliphatic rings. The molecule has 20 aromatic rings. The van der Waals surface area contributed by atoms with Crippen LogP contribution in [-0.2, 0) is 0 Å². The Morgan fingerprint density at radius 3 is 1.21 bits per heavy atom. The van der Waals surface area contributed by atoms with Crippen LogP contribution < -0.4 is 0 Å². The number of fused-ring (bicyclic) bond motifs is 16. The summed E-state index contributed by atoms with van der Waals surface area (Å²) in [7, 11) is 0. The van der Waals surface area contributed by atoms with Crippen LogP contribution in [-0.4, -0.2) is 49.8 Å². The second-order valence-corrected chi connectivity index (χ2v) is 24.2. The molecular weight excluding hydrogens is 1170 g/mol. The first-order valence-corrected chi connectivity index (χ1v) is 32.0. The highest BCUT2D eigenvalue weighted by atomic mass is 14.8. The molecule has 10 heterocycles. The minimum absolute atomic E-state index is 0.816. The van der Waals surface area contributed by atoms with Gasteiger partial charge in [-0.1, -0.05) is 182 Å². The molecule has 0 spiro atoms. The van der Waals surface area contributed by atoms with Crippen LogP contribution in [0.4, 0.5) is 0 Å². The SMILES string of the molecule is c1ccc(-c2c3ccccc3nc3c2ccc2ccc(-c4ccc(-c5cc6cccnc6c6ncccc56)c5cccnc45)nc23)cc1.c1ccc(-c2c3ccccc3nc3c2ccc2ccc(-c4ccc5cc(-c6cc7cccnc7c7ncccc67)ccc5n4)nc23)cc1. The van der Waals surface area contributed by atoms with E-state index in [2.05, 4.69) is 240 Å². The zero-order chi connectivity index (χ0) is 63.2. The van der Waals surface area contributed by atoms with Crippen molar-refractivity contribution >= 4 is 131 Å². The molecule has 96 heavy (non-hydrogen) atoms. The predicted octanol–water partition coefficient (Wildman–Crippen LogP) is 21.2. The largest absolute Gasteiger partial charge is 0.256 e. The van der Waals surface area contributed by atoms with Gasteiger partial charge in [0.05, 0.1) is 83.3 Å². The van der Waals surface area contributed by atoms with Gasteiger partial charge in [0, 0.05) is 112 Å². The summed E-state index contributed by atoms with van der Waals surface area (Å²) in [5.74, 6) is 0. The lowest BCUT2D eigenvalue weighted by atomic mass is 9.92. The fourth-order valence-corrected chi connectivity index (χ4v) is 14.3. The van der Waals surface area contributed by atoms with E-state index in [-0.39, 0.29) is 0 Å². The molecule has 10 heteroatoms. The maximum absolute atomic E-state index is 5.34. The molecule has 0 aliphatic carbocycles. The molecule has 0 aliphatic heterocycles. The smallest absolute Gasteiger partial charge is 0.0978 e. The van der Waals surface area contributed by atoms with Crippen molar-refractivity contribution in [2.75, 3.05) is 0 Å². The maximum Gasteiger partial charge on any atom is 0.0978 e. The Labute approximate surface area is 548 Å². The van der Waals surface area contributed by atoms with Gasteiger partial charge >= 0.3 is 0 Å². The second-order valence-electron chi connectivity index (χ2n) is 24.2. The van der Waals surface area contributed by atoms with Crippen LogP contribution in [0.2, 0.25) is 0 Å². The number of hydrogen-bond acceptors (Lipinski definition) is 10. The Hall–Kier alpha value is -13.2. The van der Waals surface area contributed by atoms with Crippen molar-refractivity contribution in [2.24, 2.45) is 0 Å². The number of rotatable bonds is 6.